The van der Waals surface area contributed by atoms with Crippen molar-refractivity contribution in [3.8, 4) is 11.1 Å². The van der Waals surface area contributed by atoms with Crippen LogP contribution in [0.1, 0.15) is 50.9 Å². The third kappa shape index (κ3) is 7.06. The van der Waals surface area contributed by atoms with Crippen molar-refractivity contribution in [1.29, 1.82) is 0 Å². The van der Waals surface area contributed by atoms with Crippen molar-refractivity contribution in [2.75, 3.05) is 0 Å². The molecule has 0 saturated carbocycles. The minimum Gasteiger partial charge on any atom is -1.00 e. The van der Waals surface area contributed by atoms with Crippen LogP contribution in [0.5, 0.6) is 0 Å². The molecule has 0 N–H and O–H groups in total. The largest absolute Gasteiger partial charge is 1.00 e. The molecule has 0 amide bonds. The molecule has 48 heavy (non-hydrogen) atoms. The van der Waals surface area contributed by atoms with Crippen LogP contribution in [-0.2, 0) is 33.6 Å². The van der Waals surface area contributed by atoms with Crippen LogP contribution in [0, 0.1) is 5.92 Å². The van der Waals surface area contributed by atoms with E-state index in [2.05, 4.69) is 63.8 Å². The quantitative estimate of drug-likeness (QED) is 0.187. The van der Waals surface area contributed by atoms with Gasteiger partial charge in [0.25, 0.3) is 0 Å². The molecular formula is C38H34Cl2F6SiZr. The molecule has 0 nitrogen and oxygen atoms in total. The van der Waals surface area contributed by atoms with Gasteiger partial charge in [0.2, 0.25) is 0 Å². The Morgan fingerprint density at radius 2 is 1.08 bits per heavy atom. The normalized spacial score (nSPS) is 15.9. The number of fused-ring (bicyclic) bond motifs is 3. The molecule has 4 aromatic rings. The van der Waals surface area contributed by atoms with Crippen molar-refractivity contribution in [2.24, 2.45) is 5.92 Å². The summed E-state index contributed by atoms with van der Waals surface area (Å²) in [5.41, 5.74) is 4.61. The number of hydrogen-bond acceptors (Lipinski definition) is 0. The Labute approximate surface area is 299 Å². The van der Waals surface area contributed by atoms with Gasteiger partial charge in [0, 0.05) is 0 Å². The molecule has 1 atom stereocenters. The Kier molecular flexibility index (Phi) is 11.2. The number of hydrogen-bond donors (Lipinski definition) is 0. The fourth-order valence-corrected chi connectivity index (χ4v) is 19.5. The van der Waals surface area contributed by atoms with Gasteiger partial charge in [0.05, 0.1) is 0 Å². The Morgan fingerprint density at radius 3 is 1.48 bits per heavy atom. The summed E-state index contributed by atoms with van der Waals surface area (Å²) >= 11 is -3.63. The Bertz CT molecular complexity index is 1840. The van der Waals surface area contributed by atoms with Gasteiger partial charge in [-0.05, 0) is 0 Å². The van der Waals surface area contributed by atoms with Gasteiger partial charge in [0.15, 0.2) is 0 Å². The number of benzene rings is 4. The average Bonchev–Trinajstić information content (AvgIpc) is 3.49. The van der Waals surface area contributed by atoms with Gasteiger partial charge in [-0.2, -0.15) is 0 Å². The molecule has 6 rings (SSSR count). The number of alkyl halides is 6. The van der Waals surface area contributed by atoms with Crippen LogP contribution in [0.2, 0.25) is 19.6 Å². The predicted molar refractivity (Wildman–Crippen MR) is 173 cm³/mol. The fourth-order valence-electron chi connectivity index (χ4n) is 7.29. The third-order valence-electron chi connectivity index (χ3n) is 9.13. The van der Waals surface area contributed by atoms with E-state index in [9.17, 15) is 26.3 Å². The van der Waals surface area contributed by atoms with Crippen molar-refractivity contribution in [3.05, 3.63) is 151 Å². The van der Waals surface area contributed by atoms with Gasteiger partial charge in [-0.15, -0.1) is 0 Å². The van der Waals surface area contributed by atoms with Gasteiger partial charge < -0.3 is 24.8 Å². The Balaban J connectivity index is 0.00000260. The zero-order chi connectivity index (χ0) is 33.2. The van der Waals surface area contributed by atoms with E-state index in [1.807, 2.05) is 24.3 Å². The standard InChI is InChI=1S/C15H8F6.C13H9.C10H17Si.2ClH.Zr/c16-14(17,18)12-5-1-3-10(8-12)7-11-4-2-6-13(9-11)15(19,20)21;1-3-7-12-10(5-1)9-11-6-2-4-8-13(11)12;1-8-6-9(2)10(7-8)11(3,4)5;;;/h1-6,8-9H;1-9H;7-8H,1-5H3;2*1H;/q;;;;;+2/p-2. The third-order valence-corrected chi connectivity index (χ3v) is 20.4. The van der Waals surface area contributed by atoms with E-state index in [-0.39, 0.29) is 34.4 Å². The molecular weight excluding hydrogens is 761 g/mol. The zero-order valence-corrected chi connectivity index (χ0v) is 32.0. The number of rotatable bonds is 5. The maximum Gasteiger partial charge on any atom is -1.00 e. The van der Waals surface area contributed by atoms with Crippen molar-refractivity contribution in [1.82, 2.24) is 0 Å². The number of halogens is 8. The van der Waals surface area contributed by atoms with Gasteiger partial charge in [0.1, 0.15) is 0 Å². The SMILES string of the molecule is CC1=[C]([Zr+2](=[C](c2cccc(C(F)(F)F)c2)c2cccc(C(F)(F)F)c2)[CH]2c3ccccc3-c3ccccc32)C(C)C=C1[Si](C)(C)C.[Cl-].[Cl-]. The van der Waals surface area contributed by atoms with Crippen LogP contribution < -0.4 is 24.8 Å². The summed E-state index contributed by atoms with van der Waals surface area (Å²) < 4.78 is 87.0. The van der Waals surface area contributed by atoms with Gasteiger partial charge in [-0.25, -0.2) is 0 Å². The molecule has 0 spiro atoms. The monoisotopic (exact) mass is 792 g/mol. The van der Waals surface area contributed by atoms with E-state index in [0.717, 1.165) is 46.5 Å². The molecule has 0 aromatic heterocycles. The summed E-state index contributed by atoms with van der Waals surface area (Å²) in [5.74, 6) is 0.0163. The van der Waals surface area contributed by atoms with Crippen LogP contribution in [0.15, 0.2) is 117 Å². The smallest absolute Gasteiger partial charge is 1.00 e. The van der Waals surface area contributed by atoms with Gasteiger partial charge in [-0.1, -0.05) is 0 Å². The summed E-state index contributed by atoms with van der Waals surface area (Å²) in [5, 5.41) is 1.32. The molecule has 0 bridgehead atoms. The van der Waals surface area contributed by atoms with Crippen molar-refractivity contribution in [3.63, 3.8) is 0 Å². The summed E-state index contributed by atoms with van der Waals surface area (Å²) in [4.78, 5) is 0. The van der Waals surface area contributed by atoms with E-state index >= 15 is 0 Å². The molecule has 0 fully saturated rings. The Hall–Kier alpha value is -2.51. The molecule has 0 saturated heterocycles. The van der Waals surface area contributed by atoms with Crippen LogP contribution in [-0.4, -0.2) is 11.3 Å². The first-order valence-electron chi connectivity index (χ1n) is 15.3. The summed E-state index contributed by atoms with van der Waals surface area (Å²) in [6.07, 6.45) is -6.89. The van der Waals surface area contributed by atoms with Crippen molar-refractivity contribution < 1.29 is 72.4 Å². The molecule has 10 heteroatoms. The maximum atomic E-state index is 14.2. The zero-order valence-electron chi connectivity index (χ0n) is 27.0. The summed E-state index contributed by atoms with van der Waals surface area (Å²) in [7, 11) is -1.83. The van der Waals surface area contributed by atoms with E-state index in [1.54, 1.807) is 12.1 Å². The first-order valence-corrected chi connectivity index (χ1v) is 22.7. The van der Waals surface area contributed by atoms with Gasteiger partial charge in [-0.3, -0.25) is 0 Å². The van der Waals surface area contributed by atoms with E-state index in [1.165, 1.54) is 26.2 Å². The van der Waals surface area contributed by atoms with E-state index in [4.69, 9.17) is 0 Å². The number of allylic oxidation sites excluding steroid dienone is 4. The maximum absolute atomic E-state index is 14.2. The van der Waals surface area contributed by atoms with Crippen molar-refractivity contribution in [2.45, 2.75) is 49.5 Å². The molecule has 0 radical (unpaired) electrons. The fraction of sp³-hybridized carbons (Fsp3) is 0.237. The van der Waals surface area contributed by atoms with Gasteiger partial charge >= 0.3 is 276 Å². The first-order chi connectivity index (χ1) is 21.6. The van der Waals surface area contributed by atoms with Crippen LogP contribution in [0.25, 0.3) is 11.1 Å². The van der Waals surface area contributed by atoms with Crippen LogP contribution in [0.4, 0.5) is 26.3 Å². The molecule has 250 valence electrons. The topological polar surface area (TPSA) is 0 Å². The molecule has 1 unspecified atom stereocenters. The molecule has 4 aromatic carbocycles. The Morgan fingerprint density at radius 1 is 0.646 bits per heavy atom. The van der Waals surface area contributed by atoms with Crippen LogP contribution in [0.3, 0.4) is 0 Å². The molecule has 0 aliphatic heterocycles. The first kappa shape index (κ1) is 38.3. The second-order valence-corrected chi connectivity index (χ2v) is 24.3. The molecule has 0 heterocycles. The minimum atomic E-state index is -4.60. The summed E-state index contributed by atoms with van der Waals surface area (Å²) in [6.45, 7) is 11.1. The van der Waals surface area contributed by atoms with Crippen molar-refractivity contribution >= 4 is 11.3 Å². The second-order valence-electron chi connectivity index (χ2n) is 13.2. The van der Waals surface area contributed by atoms with E-state index in [0.29, 0.717) is 14.3 Å². The summed E-state index contributed by atoms with van der Waals surface area (Å²) in [6, 6.07) is 26.7. The second kappa shape index (κ2) is 14.0. The molecule has 2 aliphatic carbocycles. The predicted octanol–water partition coefficient (Wildman–Crippen LogP) is 5.42. The van der Waals surface area contributed by atoms with E-state index < -0.39 is 52.8 Å². The molecule has 2 aliphatic rings. The minimum absolute atomic E-state index is 0. The van der Waals surface area contributed by atoms with Crippen LogP contribution >= 0.6 is 0 Å². The average molecular weight is 795 g/mol.